The molecule has 146 valence electrons. The van der Waals surface area contributed by atoms with Crippen molar-refractivity contribution in [3.05, 3.63) is 57.5 Å². The molecule has 1 amide bonds. The third-order valence-electron chi connectivity index (χ3n) is 4.64. The predicted octanol–water partition coefficient (Wildman–Crippen LogP) is 1.72. The molecule has 0 spiro atoms. The maximum Gasteiger partial charge on any atom is 0.262 e. The Kier molecular flexibility index (Phi) is 5.88. The van der Waals surface area contributed by atoms with Gasteiger partial charge < -0.3 is 20.8 Å². The van der Waals surface area contributed by atoms with E-state index in [1.54, 1.807) is 18.3 Å². The zero-order chi connectivity index (χ0) is 20.1. The second-order valence-corrected chi connectivity index (χ2v) is 6.80. The van der Waals surface area contributed by atoms with E-state index in [-0.39, 0.29) is 23.5 Å². The van der Waals surface area contributed by atoms with Crippen molar-refractivity contribution in [2.24, 2.45) is 0 Å². The first kappa shape index (κ1) is 19.3. The number of aromatic amines is 2. The molecule has 5 N–H and O–H groups in total. The molecule has 0 saturated carbocycles. The van der Waals surface area contributed by atoms with Crippen molar-refractivity contribution in [2.75, 3.05) is 5.73 Å². The van der Waals surface area contributed by atoms with E-state index in [1.807, 2.05) is 19.1 Å². The van der Waals surface area contributed by atoms with Crippen LogP contribution >= 0.6 is 0 Å². The second kappa shape index (κ2) is 8.51. The summed E-state index contributed by atoms with van der Waals surface area (Å²) in [6.07, 6.45) is 5.05. The molecule has 3 aromatic rings. The van der Waals surface area contributed by atoms with Gasteiger partial charge in [-0.1, -0.05) is 12.1 Å². The van der Waals surface area contributed by atoms with Crippen molar-refractivity contribution in [3.63, 3.8) is 0 Å². The lowest BCUT2D eigenvalue weighted by Crippen LogP contribution is -2.32. The summed E-state index contributed by atoms with van der Waals surface area (Å²) in [6.45, 7) is 1.88. The summed E-state index contributed by atoms with van der Waals surface area (Å²) in [5.41, 5.74) is 8.28. The van der Waals surface area contributed by atoms with Gasteiger partial charge in [0.25, 0.3) is 11.5 Å². The molecule has 0 aliphatic rings. The number of fused-ring (bicyclic) bond motifs is 1. The fraction of sp³-hybridized carbons (Fsp3) is 0.300. The molecule has 0 aliphatic heterocycles. The molecule has 0 fully saturated rings. The number of nitrogens with two attached hydrogens (primary N) is 1. The predicted molar refractivity (Wildman–Crippen MR) is 107 cm³/mol. The monoisotopic (exact) mass is 381 g/mol. The molecule has 8 heteroatoms. The Labute approximate surface area is 161 Å². The Morgan fingerprint density at radius 2 is 2.04 bits per heavy atom. The quantitative estimate of drug-likeness (QED) is 0.441. The van der Waals surface area contributed by atoms with E-state index in [2.05, 4.69) is 20.3 Å². The number of aldehydes is 1. The minimum Gasteiger partial charge on any atom is -0.369 e. The molecule has 0 saturated heterocycles. The highest BCUT2D eigenvalue weighted by atomic mass is 16.1. The summed E-state index contributed by atoms with van der Waals surface area (Å²) in [5, 5.41) is 3.40. The number of carbonyl (C=O) groups excluding carboxylic acids is 2. The zero-order valence-electron chi connectivity index (χ0n) is 15.6. The third-order valence-corrected chi connectivity index (χ3v) is 4.64. The SMILES string of the molecule is C[C@H](CCC=O)NC(=O)c1ccc(CCc2c[nH]c3nc(N)[nH]c(=O)c23)cc1. The molecule has 8 nitrogen and oxygen atoms in total. The Balaban J connectivity index is 1.63. The molecule has 0 aliphatic carbocycles. The van der Waals surface area contributed by atoms with Crippen LogP contribution in [0.3, 0.4) is 0 Å². The number of hydrogen-bond donors (Lipinski definition) is 4. The lowest BCUT2D eigenvalue weighted by Gasteiger charge is -2.12. The van der Waals surface area contributed by atoms with Gasteiger partial charge in [0.05, 0.1) is 5.39 Å². The standard InChI is InChI=1S/C20H23N5O3/c1-12(3-2-10-26)23-18(27)14-7-4-13(5-8-14)6-9-15-11-22-17-16(15)19(28)25-20(21)24-17/h4-5,7-8,10-12H,2-3,6,9H2,1H3,(H,23,27)(H4,21,22,24,25,28)/t12-/m1/s1. The first-order valence-electron chi connectivity index (χ1n) is 9.17. The van der Waals surface area contributed by atoms with Crippen LogP contribution in [0.5, 0.6) is 0 Å². The van der Waals surface area contributed by atoms with Crippen LogP contribution in [0.25, 0.3) is 11.0 Å². The molecule has 2 aromatic heterocycles. The van der Waals surface area contributed by atoms with Crippen LogP contribution in [0.4, 0.5) is 5.95 Å². The smallest absolute Gasteiger partial charge is 0.262 e. The van der Waals surface area contributed by atoms with Gasteiger partial charge in [0, 0.05) is 24.2 Å². The number of aromatic nitrogens is 3. The third kappa shape index (κ3) is 4.46. The second-order valence-electron chi connectivity index (χ2n) is 6.80. The number of nitrogens with zero attached hydrogens (tertiary/aromatic N) is 1. The molecule has 0 unspecified atom stereocenters. The highest BCUT2D eigenvalue weighted by Crippen LogP contribution is 2.16. The molecule has 1 atom stereocenters. The Hall–Kier alpha value is -3.42. The summed E-state index contributed by atoms with van der Waals surface area (Å²) in [6, 6.07) is 7.31. The van der Waals surface area contributed by atoms with E-state index < -0.39 is 0 Å². The average Bonchev–Trinajstić information content (AvgIpc) is 3.08. The number of nitrogens with one attached hydrogen (secondary N) is 3. The first-order chi connectivity index (χ1) is 13.5. The molecule has 3 rings (SSSR count). The number of carbonyl (C=O) groups is 2. The highest BCUT2D eigenvalue weighted by Gasteiger charge is 2.12. The van der Waals surface area contributed by atoms with Crippen molar-refractivity contribution < 1.29 is 9.59 Å². The van der Waals surface area contributed by atoms with E-state index in [1.165, 1.54) is 0 Å². The van der Waals surface area contributed by atoms with Gasteiger partial charge in [-0.05, 0) is 49.4 Å². The van der Waals surface area contributed by atoms with Gasteiger partial charge in [0.1, 0.15) is 11.9 Å². The topological polar surface area (TPSA) is 134 Å². The first-order valence-corrected chi connectivity index (χ1v) is 9.17. The molecule has 28 heavy (non-hydrogen) atoms. The number of nitrogen functional groups attached to an aromatic ring is 1. The number of H-pyrrole nitrogens is 2. The molecule has 2 heterocycles. The number of benzene rings is 1. The summed E-state index contributed by atoms with van der Waals surface area (Å²) in [5.74, 6) is -0.0722. The normalized spacial score (nSPS) is 12.0. The summed E-state index contributed by atoms with van der Waals surface area (Å²) < 4.78 is 0. The maximum absolute atomic E-state index is 12.2. The van der Waals surface area contributed by atoms with Gasteiger partial charge in [-0.3, -0.25) is 14.6 Å². The van der Waals surface area contributed by atoms with Gasteiger partial charge in [0.15, 0.2) is 0 Å². The molecular weight excluding hydrogens is 358 g/mol. The van der Waals surface area contributed by atoms with Gasteiger partial charge in [-0.15, -0.1) is 0 Å². The van der Waals surface area contributed by atoms with Gasteiger partial charge in [-0.2, -0.15) is 4.98 Å². The molecule has 1 aromatic carbocycles. The van der Waals surface area contributed by atoms with Crippen LogP contribution in [0.1, 0.15) is 41.3 Å². The van der Waals surface area contributed by atoms with Crippen LogP contribution in [0, 0.1) is 0 Å². The van der Waals surface area contributed by atoms with Crippen LogP contribution in [-0.4, -0.2) is 33.2 Å². The Bertz CT molecular complexity index is 1040. The summed E-state index contributed by atoms with van der Waals surface area (Å²) in [7, 11) is 0. The van der Waals surface area contributed by atoms with Crippen molar-refractivity contribution in [1.82, 2.24) is 20.3 Å². The lowest BCUT2D eigenvalue weighted by atomic mass is 10.0. The Morgan fingerprint density at radius 3 is 2.75 bits per heavy atom. The number of rotatable bonds is 8. The van der Waals surface area contributed by atoms with E-state index in [9.17, 15) is 14.4 Å². The van der Waals surface area contributed by atoms with Gasteiger partial charge in [-0.25, -0.2) is 0 Å². The van der Waals surface area contributed by atoms with Crippen LogP contribution in [0.2, 0.25) is 0 Å². The maximum atomic E-state index is 12.2. The van der Waals surface area contributed by atoms with Gasteiger partial charge >= 0.3 is 0 Å². The van der Waals surface area contributed by atoms with E-state index in [4.69, 9.17) is 5.73 Å². The van der Waals surface area contributed by atoms with Crippen LogP contribution in [0.15, 0.2) is 35.3 Å². The molecular formula is C20H23N5O3. The minimum absolute atomic E-state index is 0.0556. The van der Waals surface area contributed by atoms with Crippen molar-refractivity contribution in [3.8, 4) is 0 Å². The van der Waals surface area contributed by atoms with Crippen LogP contribution in [-0.2, 0) is 17.6 Å². The largest absolute Gasteiger partial charge is 0.369 e. The number of aryl methyl sites for hydroxylation is 2. The van der Waals surface area contributed by atoms with Crippen LogP contribution < -0.4 is 16.6 Å². The average molecular weight is 381 g/mol. The highest BCUT2D eigenvalue weighted by molar-refractivity contribution is 5.94. The fourth-order valence-electron chi connectivity index (χ4n) is 3.12. The van der Waals surface area contributed by atoms with E-state index >= 15 is 0 Å². The summed E-state index contributed by atoms with van der Waals surface area (Å²) in [4.78, 5) is 44.3. The van der Waals surface area contributed by atoms with Gasteiger partial charge in [0.2, 0.25) is 5.95 Å². The van der Waals surface area contributed by atoms with Crippen molar-refractivity contribution in [1.29, 1.82) is 0 Å². The van der Waals surface area contributed by atoms with E-state index in [0.29, 0.717) is 42.3 Å². The molecule has 0 radical (unpaired) electrons. The lowest BCUT2D eigenvalue weighted by molar-refractivity contribution is -0.108. The number of amides is 1. The number of hydrogen-bond acceptors (Lipinski definition) is 5. The molecule has 0 bridgehead atoms. The summed E-state index contributed by atoms with van der Waals surface area (Å²) >= 11 is 0. The van der Waals surface area contributed by atoms with E-state index in [0.717, 1.165) is 17.4 Å². The number of anilines is 1. The Morgan fingerprint density at radius 1 is 1.29 bits per heavy atom. The zero-order valence-corrected chi connectivity index (χ0v) is 15.6. The van der Waals surface area contributed by atoms with Crippen molar-refractivity contribution >= 4 is 29.2 Å². The fourth-order valence-corrected chi connectivity index (χ4v) is 3.12. The minimum atomic E-state index is -0.255. The van der Waals surface area contributed by atoms with Crippen molar-refractivity contribution in [2.45, 2.75) is 38.6 Å².